The molecule has 7 nitrogen and oxygen atoms in total. The first-order chi connectivity index (χ1) is 10.6. The number of rotatable bonds is 6. The molecule has 1 fully saturated rings. The van der Waals surface area contributed by atoms with Crippen LogP contribution in [0.4, 0.5) is 5.82 Å². The highest BCUT2D eigenvalue weighted by molar-refractivity contribution is 7.99. The van der Waals surface area contributed by atoms with Crippen molar-refractivity contribution < 1.29 is 19.4 Å². The van der Waals surface area contributed by atoms with Gasteiger partial charge in [-0.15, -0.1) is 0 Å². The van der Waals surface area contributed by atoms with Gasteiger partial charge in [-0.2, -0.15) is 0 Å². The molecule has 1 aromatic rings. The minimum Gasteiger partial charge on any atom is -0.481 e. The lowest BCUT2D eigenvalue weighted by Crippen LogP contribution is -2.36. The van der Waals surface area contributed by atoms with Crippen LogP contribution in [-0.2, 0) is 14.3 Å². The second-order valence-electron chi connectivity index (χ2n) is 4.91. The molecule has 22 heavy (non-hydrogen) atoms. The highest BCUT2D eigenvalue weighted by atomic mass is 32.2. The largest absolute Gasteiger partial charge is 0.481 e. The molecule has 1 aliphatic heterocycles. The molecule has 0 amide bonds. The number of thioether (sulfide) groups is 1. The standard InChI is InChI=1S/C14H19N3O4S/c1-2-21-13(18)9-22-12-8-15-7-11(16-12)17-5-3-10(4-6-17)14(19)20/h7-8,10H,2-6,9H2,1H3,(H,19,20). The lowest BCUT2D eigenvalue weighted by molar-refractivity contribution is -0.142. The van der Waals surface area contributed by atoms with Crippen LogP contribution in [0.15, 0.2) is 17.4 Å². The Morgan fingerprint density at radius 1 is 1.41 bits per heavy atom. The summed E-state index contributed by atoms with van der Waals surface area (Å²) in [6.07, 6.45) is 4.49. The molecule has 0 atom stereocenters. The van der Waals surface area contributed by atoms with Crippen LogP contribution < -0.4 is 4.90 Å². The van der Waals surface area contributed by atoms with E-state index in [1.165, 1.54) is 11.8 Å². The van der Waals surface area contributed by atoms with Gasteiger partial charge in [-0.1, -0.05) is 11.8 Å². The summed E-state index contributed by atoms with van der Waals surface area (Å²) in [6.45, 7) is 3.43. The molecule has 0 saturated carbocycles. The second kappa shape index (κ2) is 7.98. The van der Waals surface area contributed by atoms with E-state index in [2.05, 4.69) is 9.97 Å². The van der Waals surface area contributed by atoms with E-state index in [0.29, 0.717) is 37.6 Å². The number of carbonyl (C=O) groups is 2. The molecule has 0 radical (unpaired) electrons. The number of ether oxygens (including phenoxy) is 1. The Morgan fingerprint density at radius 3 is 2.77 bits per heavy atom. The zero-order valence-electron chi connectivity index (χ0n) is 12.4. The fraction of sp³-hybridized carbons (Fsp3) is 0.571. The average Bonchev–Trinajstić information content (AvgIpc) is 2.53. The quantitative estimate of drug-likeness (QED) is 0.620. The van der Waals surface area contributed by atoms with Crippen molar-refractivity contribution in [1.29, 1.82) is 0 Å². The van der Waals surface area contributed by atoms with Crippen LogP contribution in [0.2, 0.25) is 0 Å². The number of hydrogen-bond acceptors (Lipinski definition) is 7. The average molecular weight is 325 g/mol. The molecule has 0 aliphatic carbocycles. The van der Waals surface area contributed by atoms with E-state index in [0.717, 1.165) is 5.82 Å². The van der Waals surface area contributed by atoms with Gasteiger partial charge in [0.15, 0.2) is 0 Å². The predicted octanol–water partition coefficient (Wildman–Crippen LogP) is 1.43. The first-order valence-electron chi connectivity index (χ1n) is 7.18. The number of anilines is 1. The molecule has 1 N–H and O–H groups in total. The van der Waals surface area contributed by atoms with Gasteiger partial charge >= 0.3 is 11.9 Å². The number of aliphatic carboxylic acids is 1. The van der Waals surface area contributed by atoms with Gasteiger partial charge in [0.05, 0.1) is 30.7 Å². The topological polar surface area (TPSA) is 92.6 Å². The van der Waals surface area contributed by atoms with Crippen molar-refractivity contribution in [2.45, 2.75) is 24.8 Å². The highest BCUT2D eigenvalue weighted by Crippen LogP contribution is 2.23. The van der Waals surface area contributed by atoms with Crippen molar-refractivity contribution in [2.75, 3.05) is 30.3 Å². The van der Waals surface area contributed by atoms with Crippen LogP contribution in [0, 0.1) is 5.92 Å². The van der Waals surface area contributed by atoms with Crippen molar-refractivity contribution in [3.05, 3.63) is 12.4 Å². The predicted molar refractivity (Wildman–Crippen MR) is 82.0 cm³/mol. The Kier molecular flexibility index (Phi) is 6.00. The number of piperidine rings is 1. The molecular weight excluding hydrogens is 306 g/mol. The molecule has 2 rings (SSSR count). The number of esters is 1. The molecule has 2 heterocycles. The Hall–Kier alpha value is -1.83. The van der Waals surface area contributed by atoms with Gasteiger partial charge in [0.2, 0.25) is 0 Å². The van der Waals surface area contributed by atoms with Crippen LogP contribution >= 0.6 is 11.8 Å². The zero-order valence-corrected chi connectivity index (χ0v) is 13.2. The minimum atomic E-state index is -0.732. The third-order valence-electron chi connectivity index (χ3n) is 3.41. The van der Waals surface area contributed by atoms with Gasteiger partial charge < -0.3 is 14.7 Å². The van der Waals surface area contributed by atoms with Gasteiger partial charge in [0, 0.05) is 13.1 Å². The van der Waals surface area contributed by atoms with Gasteiger partial charge in [-0.05, 0) is 19.8 Å². The maximum absolute atomic E-state index is 11.3. The number of nitrogens with zero attached hydrogens (tertiary/aromatic N) is 3. The Morgan fingerprint density at radius 2 is 2.14 bits per heavy atom. The lowest BCUT2D eigenvalue weighted by atomic mass is 9.97. The van der Waals surface area contributed by atoms with Gasteiger partial charge in [0.1, 0.15) is 10.8 Å². The zero-order chi connectivity index (χ0) is 15.9. The van der Waals surface area contributed by atoms with Crippen molar-refractivity contribution in [1.82, 2.24) is 9.97 Å². The molecule has 1 saturated heterocycles. The Bertz CT molecular complexity index is 533. The highest BCUT2D eigenvalue weighted by Gasteiger charge is 2.25. The van der Waals surface area contributed by atoms with E-state index in [1.54, 1.807) is 19.3 Å². The number of aromatic nitrogens is 2. The summed E-state index contributed by atoms with van der Waals surface area (Å²) in [6, 6.07) is 0. The van der Waals surface area contributed by atoms with Crippen LogP contribution in [-0.4, -0.2) is 52.5 Å². The summed E-state index contributed by atoms with van der Waals surface area (Å²) < 4.78 is 4.87. The van der Waals surface area contributed by atoms with E-state index in [9.17, 15) is 9.59 Å². The molecule has 8 heteroatoms. The van der Waals surface area contributed by atoms with Crippen molar-refractivity contribution in [2.24, 2.45) is 5.92 Å². The van der Waals surface area contributed by atoms with Gasteiger partial charge in [-0.25, -0.2) is 4.98 Å². The van der Waals surface area contributed by atoms with E-state index in [1.807, 2.05) is 4.90 Å². The van der Waals surface area contributed by atoms with Crippen LogP contribution in [0.1, 0.15) is 19.8 Å². The van der Waals surface area contributed by atoms with Crippen molar-refractivity contribution >= 4 is 29.5 Å². The summed E-state index contributed by atoms with van der Waals surface area (Å²) in [5.41, 5.74) is 0. The SMILES string of the molecule is CCOC(=O)CSc1cncc(N2CCC(C(=O)O)CC2)n1. The summed E-state index contributed by atoms with van der Waals surface area (Å²) >= 11 is 1.28. The van der Waals surface area contributed by atoms with Crippen LogP contribution in [0.5, 0.6) is 0 Å². The maximum atomic E-state index is 11.3. The van der Waals surface area contributed by atoms with E-state index in [4.69, 9.17) is 9.84 Å². The molecule has 0 aromatic carbocycles. The summed E-state index contributed by atoms with van der Waals surface area (Å²) in [5, 5.41) is 9.67. The minimum absolute atomic E-state index is 0.201. The fourth-order valence-corrected chi connectivity index (χ4v) is 2.89. The molecule has 1 aromatic heterocycles. The monoisotopic (exact) mass is 325 g/mol. The van der Waals surface area contributed by atoms with Gasteiger partial charge in [0.25, 0.3) is 0 Å². The van der Waals surface area contributed by atoms with Crippen LogP contribution in [0.3, 0.4) is 0 Å². The number of carboxylic acid groups (broad SMARTS) is 1. The molecule has 0 unspecified atom stereocenters. The van der Waals surface area contributed by atoms with Crippen molar-refractivity contribution in [3.8, 4) is 0 Å². The Balaban J connectivity index is 1.91. The normalized spacial score (nSPS) is 15.6. The molecule has 0 bridgehead atoms. The number of carbonyl (C=O) groups excluding carboxylic acids is 1. The van der Waals surface area contributed by atoms with E-state index in [-0.39, 0.29) is 17.6 Å². The number of carboxylic acids is 1. The fourth-order valence-electron chi connectivity index (χ4n) is 2.25. The molecule has 1 aliphatic rings. The maximum Gasteiger partial charge on any atom is 0.316 e. The van der Waals surface area contributed by atoms with E-state index < -0.39 is 5.97 Å². The summed E-state index contributed by atoms with van der Waals surface area (Å²) in [7, 11) is 0. The Labute approximate surface area is 133 Å². The van der Waals surface area contributed by atoms with Crippen molar-refractivity contribution in [3.63, 3.8) is 0 Å². The summed E-state index contributed by atoms with van der Waals surface area (Å²) in [5.74, 6) is -0.359. The van der Waals surface area contributed by atoms with Gasteiger partial charge in [-0.3, -0.25) is 14.6 Å². The third kappa shape index (κ3) is 4.59. The van der Waals surface area contributed by atoms with E-state index >= 15 is 0 Å². The molecule has 0 spiro atoms. The number of hydrogen-bond donors (Lipinski definition) is 1. The summed E-state index contributed by atoms with van der Waals surface area (Å²) in [4.78, 5) is 32.9. The third-order valence-corrected chi connectivity index (χ3v) is 4.28. The molecular formula is C14H19N3O4S. The first kappa shape index (κ1) is 16.5. The smallest absolute Gasteiger partial charge is 0.316 e. The van der Waals surface area contributed by atoms with Crippen LogP contribution in [0.25, 0.3) is 0 Å². The lowest BCUT2D eigenvalue weighted by Gasteiger charge is -2.30. The molecule has 120 valence electrons. The first-order valence-corrected chi connectivity index (χ1v) is 8.17. The second-order valence-corrected chi connectivity index (χ2v) is 5.90.